The number of carbonyl (C=O) groups excluding carboxylic acids is 1. The van der Waals surface area contributed by atoms with Gasteiger partial charge in [0.1, 0.15) is 29.9 Å². The van der Waals surface area contributed by atoms with E-state index in [9.17, 15) is 18.7 Å². The molecule has 41 heavy (non-hydrogen) atoms. The molecular formula is C29H27F2IN4O4S. The average molecular weight is 693 g/mol. The molecule has 2 heterocycles. The van der Waals surface area contributed by atoms with Gasteiger partial charge in [0.2, 0.25) is 0 Å². The van der Waals surface area contributed by atoms with Gasteiger partial charge >= 0.3 is 0 Å². The first-order valence-corrected chi connectivity index (χ1v) is 14.8. The Morgan fingerprint density at radius 2 is 1.85 bits per heavy atom. The van der Waals surface area contributed by atoms with Gasteiger partial charge in [-0.1, -0.05) is 25.1 Å². The molecule has 0 saturated carbocycles. The van der Waals surface area contributed by atoms with Gasteiger partial charge in [-0.25, -0.2) is 18.4 Å². The largest absolute Gasteiger partial charge is 0.382 e. The van der Waals surface area contributed by atoms with E-state index in [-0.39, 0.29) is 23.3 Å². The highest BCUT2D eigenvalue weighted by Crippen LogP contribution is 2.39. The second kappa shape index (κ2) is 12.9. The van der Waals surface area contributed by atoms with E-state index < -0.39 is 28.8 Å². The summed E-state index contributed by atoms with van der Waals surface area (Å²) in [7, 11) is 0. The van der Waals surface area contributed by atoms with Crippen LogP contribution in [0.1, 0.15) is 34.7 Å². The molecule has 4 aromatic rings. The van der Waals surface area contributed by atoms with Crippen LogP contribution in [-0.4, -0.2) is 49.5 Å². The van der Waals surface area contributed by atoms with Gasteiger partial charge in [0.25, 0.3) is 5.91 Å². The summed E-state index contributed by atoms with van der Waals surface area (Å²) in [6.07, 6.45) is 2.14. The molecule has 2 N–H and O–H groups in total. The van der Waals surface area contributed by atoms with Crippen molar-refractivity contribution in [1.82, 2.24) is 14.8 Å². The van der Waals surface area contributed by atoms with Crippen LogP contribution >= 0.6 is 34.4 Å². The third-order valence-electron chi connectivity index (χ3n) is 6.75. The number of benzene rings is 3. The predicted molar refractivity (Wildman–Crippen MR) is 159 cm³/mol. The van der Waals surface area contributed by atoms with Gasteiger partial charge in [-0.3, -0.25) is 4.79 Å². The lowest BCUT2D eigenvalue weighted by atomic mass is 9.90. The second-order valence-electron chi connectivity index (χ2n) is 9.62. The normalized spacial score (nSPS) is 19.3. The molecular weight excluding hydrogens is 665 g/mol. The summed E-state index contributed by atoms with van der Waals surface area (Å²) in [5.41, 5.74) is 0.234. The molecule has 1 aromatic heterocycles. The number of rotatable bonds is 9. The zero-order valence-corrected chi connectivity index (χ0v) is 24.9. The van der Waals surface area contributed by atoms with Crippen molar-refractivity contribution >= 4 is 45.9 Å². The van der Waals surface area contributed by atoms with Gasteiger partial charge in [0, 0.05) is 37.3 Å². The summed E-state index contributed by atoms with van der Waals surface area (Å²) >= 11 is 3.59. The monoisotopic (exact) mass is 692 g/mol. The Morgan fingerprint density at radius 1 is 1.15 bits per heavy atom. The average Bonchev–Trinajstić information content (AvgIpc) is 3.47. The Kier molecular flexibility index (Phi) is 9.34. The van der Waals surface area contributed by atoms with Crippen molar-refractivity contribution in [1.29, 1.82) is 0 Å². The first kappa shape index (κ1) is 29.6. The van der Waals surface area contributed by atoms with E-state index in [1.165, 1.54) is 35.2 Å². The Labute approximate surface area is 253 Å². The number of amides is 1. The highest BCUT2D eigenvalue weighted by molar-refractivity contribution is 14.1. The van der Waals surface area contributed by atoms with E-state index in [0.717, 1.165) is 21.3 Å². The molecule has 0 spiro atoms. The number of halogens is 3. The first-order chi connectivity index (χ1) is 19.7. The topological polar surface area (TPSA) is 98.5 Å². The maximum Gasteiger partial charge on any atom is 0.255 e. The van der Waals surface area contributed by atoms with Crippen LogP contribution in [0.25, 0.3) is 0 Å². The molecule has 12 heteroatoms. The molecule has 214 valence electrons. The van der Waals surface area contributed by atoms with Crippen LogP contribution in [-0.2, 0) is 21.6 Å². The Morgan fingerprint density at radius 3 is 2.49 bits per heavy atom. The smallest absolute Gasteiger partial charge is 0.255 e. The fraction of sp³-hybridized carbons (Fsp3) is 0.276. The lowest BCUT2D eigenvalue weighted by molar-refractivity contribution is -0.180. The van der Waals surface area contributed by atoms with E-state index in [0.29, 0.717) is 24.5 Å². The van der Waals surface area contributed by atoms with Crippen LogP contribution in [0.5, 0.6) is 0 Å². The van der Waals surface area contributed by atoms with Crippen molar-refractivity contribution in [3.05, 3.63) is 111 Å². The number of ether oxygens (including phenoxy) is 2. The number of carbonyl (C=O) groups is 1. The number of hydrogen-bond acceptors (Lipinski definition) is 7. The minimum atomic E-state index is -1.72. The Bertz CT molecular complexity index is 1470. The van der Waals surface area contributed by atoms with Crippen LogP contribution in [0.15, 0.2) is 79.4 Å². The zero-order valence-electron chi connectivity index (χ0n) is 21.9. The maximum absolute atomic E-state index is 14.8. The van der Waals surface area contributed by atoms with E-state index in [1.807, 2.05) is 24.3 Å². The molecule has 1 aliphatic heterocycles. The van der Waals surface area contributed by atoms with Crippen LogP contribution in [0.2, 0.25) is 0 Å². The minimum absolute atomic E-state index is 0.0314. The third kappa shape index (κ3) is 7.12. The zero-order chi connectivity index (χ0) is 29.0. The Balaban J connectivity index is 1.20. The van der Waals surface area contributed by atoms with Gasteiger partial charge in [-0.2, -0.15) is 5.10 Å². The number of thioether (sulfide) groups is 1. The predicted octanol–water partition coefficient (Wildman–Crippen LogP) is 5.54. The fourth-order valence-electron chi connectivity index (χ4n) is 4.52. The SMILES string of the molecule is CC(SC1COC(c2ccc(C(=O)Nc3ccc(I)cc3)cc2)OC1)C(O)(Cn1cncn1)c1ccc(F)cc1F. The van der Waals surface area contributed by atoms with Crippen LogP contribution in [0, 0.1) is 15.2 Å². The molecule has 1 aliphatic rings. The van der Waals surface area contributed by atoms with Crippen LogP contribution < -0.4 is 5.32 Å². The molecule has 2 atom stereocenters. The standard InChI is InChI=1S/C29H27F2IN4O4S/c1-18(29(38,15-36-17-33-16-34-36)25-11-6-21(30)12-26(25)31)41-24-13-39-28(40-14-24)20-4-2-19(3-5-20)27(37)35-23-9-7-22(32)8-10-23/h2-12,16-18,24,28,38H,13-15H2,1H3,(H,35,37). The highest BCUT2D eigenvalue weighted by Gasteiger charge is 2.41. The van der Waals surface area contributed by atoms with Gasteiger partial charge in [-0.15, -0.1) is 11.8 Å². The number of aliphatic hydroxyl groups is 1. The quantitative estimate of drug-likeness (QED) is 0.223. The molecule has 1 saturated heterocycles. The van der Waals surface area contributed by atoms with E-state index in [1.54, 1.807) is 31.2 Å². The van der Waals surface area contributed by atoms with Gasteiger partial charge < -0.3 is 19.9 Å². The van der Waals surface area contributed by atoms with Crippen molar-refractivity contribution in [2.45, 2.75) is 35.9 Å². The summed E-state index contributed by atoms with van der Waals surface area (Å²) in [6.45, 7) is 2.33. The summed E-state index contributed by atoms with van der Waals surface area (Å²) in [4.78, 5) is 16.5. The molecule has 5 rings (SSSR count). The summed E-state index contributed by atoms with van der Waals surface area (Å²) in [6, 6.07) is 17.7. The molecule has 0 radical (unpaired) electrons. The summed E-state index contributed by atoms with van der Waals surface area (Å²) in [5.74, 6) is -1.79. The third-order valence-corrected chi connectivity index (χ3v) is 8.92. The van der Waals surface area contributed by atoms with Gasteiger partial charge in [-0.05, 0) is 65.1 Å². The molecule has 8 nitrogen and oxygen atoms in total. The van der Waals surface area contributed by atoms with Crippen molar-refractivity contribution in [2.24, 2.45) is 0 Å². The van der Waals surface area contributed by atoms with Gasteiger partial charge in [0.05, 0.1) is 25.0 Å². The van der Waals surface area contributed by atoms with Gasteiger partial charge in [0.15, 0.2) is 6.29 Å². The number of aromatic nitrogens is 3. The summed E-state index contributed by atoms with van der Waals surface area (Å²) in [5, 5.41) is 18.0. The first-order valence-electron chi connectivity index (χ1n) is 12.8. The van der Waals surface area contributed by atoms with Crippen molar-refractivity contribution in [3.63, 3.8) is 0 Å². The second-order valence-corrected chi connectivity index (χ2v) is 12.5. The highest BCUT2D eigenvalue weighted by atomic mass is 127. The number of nitrogens with one attached hydrogen (secondary N) is 1. The maximum atomic E-state index is 14.8. The molecule has 2 unspecified atom stereocenters. The van der Waals surface area contributed by atoms with E-state index >= 15 is 0 Å². The number of hydrogen-bond donors (Lipinski definition) is 2. The van der Waals surface area contributed by atoms with Crippen molar-refractivity contribution in [3.8, 4) is 0 Å². The van der Waals surface area contributed by atoms with Crippen LogP contribution in [0.4, 0.5) is 14.5 Å². The minimum Gasteiger partial charge on any atom is -0.382 e. The Hall–Kier alpha value is -2.91. The molecule has 1 fully saturated rings. The number of anilines is 1. The lowest BCUT2D eigenvalue weighted by Crippen LogP contribution is -2.43. The number of nitrogens with zero attached hydrogens (tertiary/aromatic N) is 3. The molecule has 1 amide bonds. The molecule has 0 bridgehead atoms. The fourth-order valence-corrected chi connectivity index (χ4v) is 6.20. The lowest BCUT2D eigenvalue weighted by Gasteiger charge is -2.37. The van der Waals surface area contributed by atoms with Crippen molar-refractivity contribution in [2.75, 3.05) is 18.5 Å². The molecule has 3 aromatic carbocycles. The van der Waals surface area contributed by atoms with Crippen LogP contribution in [0.3, 0.4) is 0 Å². The molecule has 0 aliphatic carbocycles. The van der Waals surface area contributed by atoms with Crippen molar-refractivity contribution < 1.29 is 28.2 Å². The summed E-state index contributed by atoms with van der Waals surface area (Å²) < 4.78 is 42.9. The van der Waals surface area contributed by atoms with E-state index in [4.69, 9.17) is 9.47 Å². The van der Waals surface area contributed by atoms with E-state index in [2.05, 4.69) is 38.0 Å².